The Morgan fingerprint density at radius 1 is 1.08 bits per heavy atom. The third-order valence-corrected chi connectivity index (χ3v) is 4.39. The molecule has 2 aromatic carbocycles. The van der Waals surface area contributed by atoms with Crippen LogP contribution in [0.4, 0.5) is 4.79 Å². The summed E-state index contributed by atoms with van der Waals surface area (Å²) in [4.78, 5) is 25.3. The molecule has 0 aromatic heterocycles. The lowest BCUT2D eigenvalue weighted by molar-refractivity contribution is -0.129. The van der Waals surface area contributed by atoms with E-state index < -0.39 is 6.09 Å². The second-order valence-corrected chi connectivity index (χ2v) is 5.97. The molecule has 0 spiro atoms. The molecule has 1 atom stereocenters. The van der Waals surface area contributed by atoms with Crippen LogP contribution in [0.1, 0.15) is 25.3 Å². The van der Waals surface area contributed by atoms with E-state index in [1.807, 2.05) is 37.3 Å². The zero-order valence-corrected chi connectivity index (χ0v) is 13.8. The zero-order valence-electron chi connectivity index (χ0n) is 13.8. The monoisotopic (exact) mass is 323 g/mol. The van der Waals surface area contributed by atoms with Crippen molar-refractivity contribution >= 4 is 12.0 Å². The van der Waals surface area contributed by atoms with E-state index >= 15 is 0 Å². The lowest BCUT2D eigenvalue weighted by Gasteiger charge is -2.18. The average molecular weight is 323 g/mol. The SMILES string of the molecule is CC[C@@H]1COC(=O)N1C(=O)CCc1ccc(-c2ccccc2)cc1. The molecular weight excluding hydrogens is 302 g/mol. The molecular formula is C20H21NO3. The molecule has 24 heavy (non-hydrogen) atoms. The Morgan fingerprint density at radius 3 is 2.42 bits per heavy atom. The molecule has 4 heteroatoms. The number of hydrogen-bond donors (Lipinski definition) is 0. The Labute approximate surface area is 142 Å². The number of aryl methyl sites for hydroxylation is 1. The number of carbonyl (C=O) groups is 2. The van der Waals surface area contributed by atoms with Crippen LogP contribution in [0.5, 0.6) is 0 Å². The summed E-state index contributed by atoms with van der Waals surface area (Å²) in [6.07, 6.45) is 1.15. The first kappa shape index (κ1) is 16.2. The number of benzene rings is 2. The van der Waals surface area contributed by atoms with E-state index in [0.717, 1.165) is 17.5 Å². The molecule has 0 radical (unpaired) electrons. The summed E-state index contributed by atoms with van der Waals surface area (Å²) in [5, 5.41) is 0. The van der Waals surface area contributed by atoms with Gasteiger partial charge in [0.2, 0.25) is 5.91 Å². The van der Waals surface area contributed by atoms with Gasteiger partial charge >= 0.3 is 6.09 Å². The first-order valence-corrected chi connectivity index (χ1v) is 8.32. The Hall–Kier alpha value is -2.62. The highest BCUT2D eigenvalue weighted by Gasteiger charge is 2.36. The maximum Gasteiger partial charge on any atom is 0.416 e. The number of amides is 2. The normalized spacial score (nSPS) is 17.0. The van der Waals surface area contributed by atoms with Crippen molar-refractivity contribution in [3.63, 3.8) is 0 Å². The molecule has 0 aliphatic carbocycles. The summed E-state index contributed by atoms with van der Waals surface area (Å²) in [5.74, 6) is -0.156. The van der Waals surface area contributed by atoms with Gasteiger partial charge in [-0.1, -0.05) is 61.5 Å². The molecule has 0 unspecified atom stereocenters. The largest absolute Gasteiger partial charge is 0.447 e. The molecule has 1 aliphatic rings. The molecule has 0 N–H and O–H groups in total. The number of ether oxygens (including phenoxy) is 1. The Morgan fingerprint density at radius 2 is 1.75 bits per heavy atom. The molecule has 1 heterocycles. The number of nitrogens with zero attached hydrogens (tertiary/aromatic N) is 1. The standard InChI is InChI=1S/C20H21NO3/c1-2-18-14-24-20(23)21(18)19(22)13-10-15-8-11-17(12-9-15)16-6-4-3-5-7-16/h3-9,11-12,18H,2,10,13-14H2,1H3/t18-/m1/s1. The molecule has 0 saturated carbocycles. The van der Waals surface area contributed by atoms with Crippen LogP contribution in [0, 0.1) is 0 Å². The minimum Gasteiger partial charge on any atom is -0.447 e. The van der Waals surface area contributed by atoms with Crippen LogP contribution in [0.2, 0.25) is 0 Å². The van der Waals surface area contributed by atoms with E-state index in [0.29, 0.717) is 19.4 Å². The fourth-order valence-corrected chi connectivity index (χ4v) is 2.93. The van der Waals surface area contributed by atoms with Gasteiger partial charge in [-0.3, -0.25) is 4.79 Å². The van der Waals surface area contributed by atoms with Gasteiger partial charge < -0.3 is 4.74 Å². The lowest BCUT2D eigenvalue weighted by Crippen LogP contribution is -2.38. The Balaban J connectivity index is 1.61. The molecule has 3 rings (SSSR count). The predicted molar refractivity (Wildman–Crippen MR) is 92.5 cm³/mol. The molecule has 1 saturated heterocycles. The highest BCUT2D eigenvalue weighted by Crippen LogP contribution is 2.21. The van der Waals surface area contributed by atoms with Gasteiger partial charge in [0.1, 0.15) is 6.61 Å². The first-order chi connectivity index (χ1) is 11.7. The van der Waals surface area contributed by atoms with Crippen LogP contribution in [-0.2, 0) is 16.0 Å². The topological polar surface area (TPSA) is 46.6 Å². The Bertz CT molecular complexity index is 709. The van der Waals surface area contributed by atoms with Crippen LogP contribution >= 0.6 is 0 Å². The van der Waals surface area contributed by atoms with Gasteiger partial charge in [-0.25, -0.2) is 9.69 Å². The van der Waals surface area contributed by atoms with Crippen molar-refractivity contribution in [3.8, 4) is 11.1 Å². The van der Waals surface area contributed by atoms with Crippen LogP contribution in [0.15, 0.2) is 54.6 Å². The molecule has 2 aromatic rings. The quantitative estimate of drug-likeness (QED) is 0.834. The molecule has 1 aliphatic heterocycles. The summed E-state index contributed by atoms with van der Waals surface area (Å²) in [6.45, 7) is 2.27. The van der Waals surface area contributed by atoms with E-state index in [1.54, 1.807) is 0 Å². The second-order valence-electron chi connectivity index (χ2n) is 5.97. The number of cyclic esters (lactones) is 1. The van der Waals surface area contributed by atoms with Crippen molar-refractivity contribution in [2.75, 3.05) is 6.61 Å². The van der Waals surface area contributed by atoms with Crippen LogP contribution < -0.4 is 0 Å². The van der Waals surface area contributed by atoms with E-state index in [9.17, 15) is 9.59 Å². The summed E-state index contributed by atoms with van der Waals surface area (Å²) in [6, 6.07) is 18.3. The van der Waals surface area contributed by atoms with Gasteiger partial charge in [0.15, 0.2) is 0 Å². The van der Waals surface area contributed by atoms with Crippen molar-refractivity contribution < 1.29 is 14.3 Å². The number of hydrogen-bond acceptors (Lipinski definition) is 3. The first-order valence-electron chi connectivity index (χ1n) is 8.32. The molecule has 0 bridgehead atoms. The summed E-state index contributed by atoms with van der Waals surface area (Å²) >= 11 is 0. The van der Waals surface area contributed by atoms with E-state index in [1.165, 1.54) is 10.5 Å². The minimum absolute atomic E-state index is 0.120. The fraction of sp³-hybridized carbons (Fsp3) is 0.300. The predicted octanol–water partition coefficient (Wildman–Crippen LogP) is 4.04. The molecule has 4 nitrogen and oxygen atoms in total. The number of rotatable bonds is 5. The minimum atomic E-state index is -0.508. The van der Waals surface area contributed by atoms with Gasteiger partial charge in [-0.2, -0.15) is 0 Å². The van der Waals surface area contributed by atoms with Gasteiger partial charge in [0.25, 0.3) is 0 Å². The van der Waals surface area contributed by atoms with E-state index in [2.05, 4.69) is 24.3 Å². The van der Waals surface area contributed by atoms with Crippen molar-refractivity contribution in [1.82, 2.24) is 4.90 Å². The molecule has 1 fully saturated rings. The maximum absolute atomic E-state index is 12.3. The highest BCUT2D eigenvalue weighted by atomic mass is 16.6. The fourth-order valence-electron chi connectivity index (χ4n) is 2.93. The number of imide groups is 1. The smallest absolute Gasteiger partial charge is 0.416 e. The summed E-state index contributed by atoms with van der Waals surface area (Å²) in [7, 11) is 0. The Kier molecular flexibility index (Phi) is 4.94. The third kappa shape index (κ3) is 3.48. The van der Waals surface area contributed by atoms with Crippen LogP contribution in [-0.4, -0.2) is 29.5 Å². The van der Waals surface area contributed by atoms with Crippen molar-refractivity contribution in [2.24, 2.45) is 0 Å². The van der Waals surface area contributed by atoms with Crippen LogP contribution in [0.25, 0.3) is 11.1 Å². The van der Waals surface area contributed by atoms with E-state index in [-0.39, 0.29) is 11.9 Å². The number of carbonyl (C=O) groups excluding carboxylic acids is 2. The second kappa shape index (κ2) is 7.30. The van der Waals surface area contributed by atoms with Crippen molar-refractivity contribution in [2.45, 2.75) is 32.2 Å². The van der Waals surface area contributed by atoms with Gasteiger partial charge in [0.05, 0.1) is 6.04 Å². The third-order valence-electron chi connectivity index (χ3n) is 4.39. The van der Waals surface area contributed by atoms with Gasteiger partial charge in [-0.15, -0.1) is 0 Å². The van der Waals surface area contributed by atoms with Gasteiger partial charge in [0, 0.05) is 6.42 Å². The van der Waals surface area contributed by atoms with Crippen molar-refractivity contribution in [3.05, 3.63) is 60.2 Å². The summed E-state index contributed by atoms with van der Waals surface area (Å²) in [5.41, 5.74) is 3.41. The molecule has 2 amide bonds. The lowest BCUT2D eigenvalue weighted by atomic mass is 10.0. The van der Waals surface area contributed by atoms with Crippen LogP contribution in [0.3, 0.4) is 0 Å². The van der Waals surface area contributed by atoms with E-state index in [4.69, 9.17) is 4.74 Å². The molecule has 124 valence electrons. The average Bonchev–Trinajstić information content (AvgIpc) is 3.01. The maximum atomic E-state index is 12.3. The highest BCUT2D eigenvalue weighted by molar-refractivity contribution is 5.93. The summed E-state index contributed by atoms with van der Waals surface area (Å²) < 4.78 is 4.97. The van der Waals surface area contributed by atoms with Gasteiger partial charge in [-0.05, 0) is 29.5 Å². The zero-order chi connectivity index (χ0) is 16.9. The van der Waals surface area contributed by atoms with Crippen molar-refractivity contribution in [1.29, 1.82) is 0 Å².